The van der Waals surface area contributed by atoms with Crippen molar-refractivity contribution in [3.63, 3.8) is 0 Å². The number of anilines is 2. The summed E-state index contributed by atoms with van der Waals surface area (Å²) in [6.07, 6.45) is 2.31. The molecule has 3 aromatic rings. The topological polar surface area (TPSA) is 90.3 Å². The Bertz CT molecular complexity index is 1390. The van der Waals surface area contributed by atoms with E-state index in [1.54, 1.807) is 37.4 Å². The molecule has 0 bridgehead atoms. The minimum Gasteiger partial charge on any atom is -0.508 e. The summed E-state index contributed by atoms with van der Waals surface area (Å²) in [5, 5.41) is 21.4. The lowest BCUT2D eigenvalue weighted by atomic mass is 9.93. The Kier molecular flexibility index (Phi) is 6.85. The predicted molar refractivity (Wildman–Crippen MR) is 148 cm³/mol. The van der Waals surface area contributed by atoms with E-state index in [4.69, 9.17) is 4.74 Å². The number of phenolic OH excluding ortho intramolecular Hbond substituents is 1. The number of Topliss-reactive ketones (excluding diaryl/α,β-unsaturated/α-hetero) is 1. The number of carbonyl (C=O) groups excluding carboxylic acids is 2. The first kappa shape index (κ1) is 25.4. The molecule has 2 aliphatic heterocycles. The highest BCUT2D eigenvalue weighted by atomic mass is 16.5. The number of amides is 1. The lowest BCUT2D eigenvalue weighted by molar-refractivity contribution is -0.132. The summed E-state index contributed by atoms with van der Waals surface area (Å²) < 4.78 is 5.47. The molecule has 2 N–H and O–H groups in total. The van der Waals surface area contributed by atoms with Crippen LogP contribution in [0.3, 0.4) is 0 Å². The van der Waals surface area contributed by atoms with Gasteiger partial charge in [0, 0.05) is 30.0 Å². The number of carbonyl (C=O) groups is 2. The molecule has 7 nitrogen and oxygen atoms in total. The molecular formula is C31H32N2O5. The molecule has 0 spiro atoms. The van der Waals surface area contributed by atoms with Crippen molar-refractivity contribution in [2.24, 2.45) is 0 Å². The van der Waals surface area contributed by atoms with Gasteiger partial charge in [0.25, 0.3) is 11.7 Å². The van der Waals surface area contributed by atoms with Crippen LogP contribution >= 0.6 is 0 Å². The Morgan fingerprint density at radius 1 is 0.921 bits per heavy atom. The number of aliphatic hydroxyl groups is 1. The van der Waals surface area contributed by atoms with Gasteiger partial charge in [-0.1, -0.05) is 26.0 Å². The number of ether oxygens (including phenoxy) is 1. The molecule has 2 fully saturated rings. The molecule has 38 heavy (non-hydrogen) atoms. The van der Waals surface area contributed by atoms with Crippen LogP contribution in [0.1, 0.15) is 55.3 Å². The average Bonchev–Trinajstić information content (AvgIpc) is 3.56. The second kappa shape index (κ2) is 10.2. The van der Waals surface area contributed by atoms with Crippen molar-refractivity contribution in [2.75, 3.05) is 30.0 Å². The first-order valence-electron chi connectivity index (χ1n) is 12.9. The van der Waals surface area contributed by atoms with Crippen molar-refractivity contribution >= 4 is 28.8 Å². The third-order valence-corrected chi connectivity index (χ3v) is 7.38. The minimum absolute atomic E-state index is 0.00387. The zero-order chi connectivity index (χ0) is 27.0. The van der Waals surface area contributed by atoms with Crippen molar-refractivity contribution in [1.29, 1.82) is 0 Å². The maximum Gasteiger partial charge on any atom is 0.300 e. The van der Waals surface area contributed by atoms with E-state index in [9.17, 15) is 19.8 Å². The van der Waals surface area contributed by atoms with Crippen LogP contribution in [0.2, 0.25) is 0 Å². The Morgan fingerprint density at radius 2 is 1.55 bits per heavy atom. The van der Waals surface area contributed by atoms with E-state index in [1.807, 2.05) is 38.1 Å². The van der Waals surface area contributed by atoms with Crippen molar-refractivity contribution < 1.29 is 24.5 Å². The van der Waals surface area contributed by atoms with Crippen LogP contribution in [0.15, 0.2) is 72.3 Å². The fraction of sp³-hybridized carbons (Fsp3) is 0.290. The third-order valence-electron chi connectivity index (χ3n) is 7.38. The molecular weight excluding hydrogens is 480 g/mol. The largest absolute Gasteiger partial charge is 0.508 e. The number of rotatable bonds is 6. The molecule has 0 radical (unpaired) electrons. The predicted octanol–water partition coefficient (Wildman–Crippen LogP) is 5.75. The zero-order valence-corrected chi connectivity index (χ0v) is 21.8. The van der Waals surface area contributed by atoms with Gasteiger partial charge < -0.3 is 19.8 Å². The fourth-order valence-electron chi connectivity index (χ4n) is 5.36. The van der Waals surface area contributed by atoms with Gasteiger partial charge in [0.2, 0.25) is 0 Å². The van der Waals surface area contributed by atoms with Crippen LogP contribution in [0.5, 0.6) is 11.5 Å². The molecule has 5 rings (SSSR count). The number of hydrogen-bond acceptors (Lipinski definition) is 6. The van der Waals surface area contributed by atoms with Crippen molar-refractivity contribution in [2.45, 2.75) is 38.6 Å². The summed E-state index contributed by atoms with van der Waals surface area (Å²) in [4.78, 5) is 30.7. The highest BCUT2D eigenvalue weighted by Crippen LogP contribution is 2.43. The normalized spacial score (nSPS) is 19.0. The van der Waals surface area contributed by atoms with E-state index in [1.165, 1.54) is 17.0 Å². The zero-order valence-electron chi connectivity index (χ0n) is 21.8. The van der Waals surface area contributed by atoms with Gasteiger partial charge in [0.15, 0.2) is 0 Å². The number of ketones is 1. The van der Waals surface area contributed by atoms with E-state index in [2.05, 4.69) is 4.90 Å². The van der Waals surface area contributed by atoms with Gasteiger partial charge in [-0.25, -0.2) is 0 Å². The van der Waals surface area contributed by atoms with Gasteiger partial charge in [-0.05, 0) is 84.5 Å². The first-order chi connectivity index (χ1) is 18.3. The monoisotopic (exact) mass is 512 g/mol. The van der Waals surface area contributed by atoms with E-state index < -0.39 is 17.7 Å². The molecule has 3 aromatic carbocycles. The van der Waals surface area contributed by atoms with Crippen LogP contribution in [0.25, 0.3) is 5.76 Å². The van der Waals surface area contributed by atoms with Crippen molar-refractivity contribution in [1.82, 2.24) is 0 Å². The highest BCUT2D eigenvalue weighted by molar-refractivity contribution is 6.51. The molecule has 1 amide bonds. The number of aromatic hydroxyl groups is 1. The number of hydrogen-bond donors (Lipinski definition) is 2. The van der Waals surface area contributed by atoms with Crippen LogP contribution in [0, 0.1) is 0 Å². The Balaban J connectivity index is 1.63. The second-order valence-corrected chi connectivity index (χ2v) is 10.1. The number of nitrogens with zero attached hydrogens (tertiary/aromatic N) is 2. The van der Waals surface area contributed by atoms with Gasteiger partial charge in [0.1, 0.15) is 17.3 Å². The standard InChI is InChI=1S/C31H32N2O5/c1-19(2)25-18-21(8-15-26(25)38-3)29(35)27-28(20-6-13-24(34)14-7-20)33(31(37)30(27)36)23-11-9-22(10-12-23)32-16-4-5-17-32/h6-15,18-19,28,34-35H,4-5,16-17H2,1-3H3/b29-27-. The van der Waals surface area contributed by atoms with Gasteiger partial charge in [-0.3, -0.25) is 14.5 Å². The summed E-state index contributed by atoms with van der Waals surface area (Å²) in [5.41, 5.74) is 3.55. The lowest BCUT2D eigenvalue weighted by Gasteiger charge is -2.26. The number of phenols is 1. The molecule has 196 valence electrons. The average molecular weight is 513 g/mol. The van der Waals surface area contributed by atoms with Crippen LogP contribution in [0.4, 0.5) is 11.4 Å². The van der Waals surface area contributed by atoms with Crippen LogP contribution in [-0.2, 0) is 9.59 Å². The minimum atomic E-state index is -0.863. The lowest BCUT2D eigenvalue weighted by Crippen LogP contribution is -2.29. The third kappa shape index (κ3) is 4.49. The van der Waals surface area contributed by atoms with Crippen LogP contribution < -0.4 is 14.5 Å². The molecule has 0 aliphatic carbocycles. The molecule has 0 aromatic heterocycles. The maximum atomic E-state index is 13.5. The van der Waals surface area contributed by atoms with E-state index in [0.717, 1.165) is 37.2 Å². The summed E-state index contributed by atoms with van der Waals surface area (Å²) in [5.74, 6) is -0.853. The Hall–Kier alpha value is -4.26. The smallest absolute Gasteiger partial charge is 0.300 e. The molecule has 2 saturated heterocycles. The molecule has 1 atom stereocenters. The highest BCUT2D eigenvalue weighted by Gasteiger charge is 2.47. The van der Waals surface area contributed by atoms with Gasteiger partial charge in [-0.2, -0.15) is 0 Å². The maximum absolute atomic E-state index is 13.5. The second-order valence-electron chi connectivity index (χ2n) is 10.1. The molecule has 2 heterocycles. The van der Waals surface area contributed by atoms with E-state index >= 15 is 0 Å². The van der Waals surface area contributed by atoms with E-state index in [-0.39, 0.29) is 23.0 Å². The Morgan fingerprint density at radius 3 is 2.16 bits per heavy atom. The number of aliphatic hydroxyl groups excluding tert-OH is 1. The summed E-state index contributed by atoms with van der Waals surface area (Å²) in [6, 6.07) is 18.3. The van der Waals surface area contributed by atoms with Crippen LogP contribution in [-0.4, -0.2) is 42.1 Å². The van der Waals surface area contributed by atoms with E-state index in [0.29, 0.717) is 22.6 Å². The van der Waals surface area contributed by atoms with Crippen molar-refractivity contribution in [3.8, 4) is 11.5 Å². The van der Waals surface area contributed by atoms with Gasteiger partial charge in [-0.15, -0.1) is 0 Å². The number of methoxy groups -OCH3 is 1. The summed E-state index contributed by atoms with van der Waals surface area (Å²) in [7, 11) is 1.59. The summed E-state index contributed by atoms with van der Waals surface area (Å²) in [6.45, 7) is 6.03. The first-order valence-corrected chi connectivity index (χ1v) is 12.9. The summed E-state index contributed by atoms with van der Waals surface area (Å²) >= 11 is 0. The van der Waals surface area contributed by atoms with Gasteiger partial charge >= 0.3 is 0 Å². The quantitative estimate of drug-likeness (QED) is 0.248. The molecule has 2 aliphatic rings. The fourth-order valence-corrected chi connectivity index (χ4v) is 5.36. The number of benzene rings is 3. The van der Waals surface area contributed by atoms with Gasteiger partial charge in [0.05, 0.1) is 18.7 Å². The molecule has 7 heteroatoms. The SMILES string of the molecule is COc1ccc(/C(O)=C2/C(=O)C(=O)N(c3ccc(N4CCCC4)cc3)C2c2ccc(O)cc2)cc1C(C)C. The Labute approximate surface area is 222 Å². The molecule has 0 saturated carbocycles. The molecule has 1 unspecified atom stereocenters. The van der Waals surface area contributed by atoms with Crippen molar-refractivity contribution in [3.05, 3.63) is 89.0 Å².